The summed E-state index contributed by atoms with van der Waals surface area (Å²) in [6.45, 7) is 2.66. The molecule has 0 aliphatic rings. The van der Waals surface area contributed by atoms with E-state index in [0.29, 0.717) is 23.9 Å². The summed E-state index contributed by atoms with van der Waals surface area (Å²) in [6.07, 6.45) is 1.86. The van der Waals surface area contributed by atoms with Gasteiger partial charge in [0.25, 0.3) is 5.69 Å². The van der Waals surface area contributed by atoms with E-state index in [1.807, 2.05) is 51.3 Å². The maximum Gasteiger partial charge on any atom is 0.269 e. The van der Waals surface area contributed by atoms with Crippen LogP contribution >= 0.6 is 0 Å². The number of hydrogen-bond acceptors (Lipinski definition) is 8. The molecule has 0 fully saturated rings. The molecule has 0 aliphatic heterocycles. The van der Waals surface area contributed by atoms with Gasteiger partial charge < -0.3 is 9.32 Å². The van der Waals surface area contributed by atoms with Crippen molar-refractivity contribution in [1.29, 1.82) is 0 Å². The van der Waals surface area contributed by atoms with Crippen LogP contribution in [0.25, 0.3) is 11.5 Å². The number of nitro benzene ring substituents is 1. The van der Waals surface area contributed by atoms with E-state index in [0.717, 1.165) is 11.4 Å². The van der Waals surface area contributed by atoms with Crippen molar-refractivity contribution in [3.8, 4) is 11.5 Å². The maximum absolute atomic E-state index is 10.8. The van der Waals surface area contributed by atoms with Crippen molar-refractivity contribution < 1.29 is 9.34 Å². The van der Waals surface area contributed by atoms with Crippen LogP contribution < -0.4 is 4.90 Å². The number of benzene rings is 1. The lowest BCUT2D eigenvalue weighted by Gasteiger charge is -2.22. The zero-order chi connectivity index (χ0) is 20.3. The Balaban J connectivity index is 1.68. The van der Waals surface area contributed by atoms with Gasteiger partial charge in [-0.25, -0.2) is 4.98 Å². The first-order valence-electron chi connectivity index (χ1n) is 8.76. The minimum absolute atomic E-state index is 0.0190. The Morgan fingerprint density at radius 3 is 2.39 bits per heavy atom. The quantitative estimate of drug-likeness (QED) is 0.453. The lowest BCUT2D eigenvalue weighted by molar-refractivity contribution is -0.384. The van der Waals surface area contributed by atoms with E-state index >= 15 is 0 Å². The summed E-state index contributed by atoms with van der Waals surface area (Å²) in [5.41, 5.74) is 1.74. The van der Waals surface area contributed by atoms with Crippen molar-refractivity contribution >= 4 is 11.5 Å². The number of nitrogens with zero attached hydrogens (tertiary/aromatic N) is 6. The minimum Gasteiger partial charge on any atom is -0.419 e. The first-order chi connectivity index (χ1) is 13.3. The first-order valence-corrected chi connectivity index (χ1v) is 8.76. The van der Waals surface area contributed by atoms with Crippen molar-refractivity contribution in [3.05, 3.63) is 64.2 Å². The van der Waals surface area contributed by atoms with Gasteiger partial charge in [-0.2, -0.15) is 0 Å². The number of hydrogen-bond donors (Lipinski definition) is 0. The van der Waals surface area contributed by atoms with Gasteiger partial charge in [-0.3, -0.25) is 15.0 Å². The van der Waals surface area contributed by atoms with Gasteiger partial charge in [-0.05, 0) is 37.7 Å². The molecule has 9 nitrogen and oxygen atoms in total. The summed E-state index contributed by atoms with van der Waals surface area (Å²) in [4.78, 5) is 18.8. The molecule has 0 unspecified atom stereocenters. The van der Waals surface area contributed by atoms with Crippen molar-refractivity contribution in [2.75, 3.05) is 26.0 Å². The maximum atomic E-state index is 10.8. The average molecular weight is 382 g/mol. The molecule has 0 N–H and O–H groups in total. The molecule has 0 aliphatic carbocycles. The number of nitro groups is 1. The highest BCUT2D eigenvalue weighted by atomic mass is 16.6. The summed E-state index contributed by atoms with van der Waals surface area (Å²) in [7, 11) is 5.88. The van der Waals surface area contributed by atoms with E-state index in [1.54, 1.807) is 12.1 Å². The molecule has 1 atom stereocenters. The van der Waals surface area contributed by atoms with E-state index in [4.69, 9.17) is 4.42 Å². The van der Waals surface area contributed by atoms with Crippen LogP contribution in [0.2, 0.25) is 0 Å². The fourth-order valence-electron chi connectivity index (χ4n) is 2.63. The number of anilines is 1. The smallest absolute Gasteiger partial charge is 0.269 e. The third-order valence-corrected chi connectivity index (χ3v) is 4.48. The van der Waals surface area contributed by atoms with Gasteiger partial charge in [-0.1, -0.05) is 6.07 Å². The van der Waals surface area contributed by atoms with Crippen LogP contribution in [-0.4, -0.2) is 46.1 Å². The molecule has 9 heteroatoms. The van der Waals surface area contributed by atoms with Crippen LogP contribution in [0.5, 0.6) is 0 Å². The second-order valence-electron chi connectivity index (χ2n) is 6.76. The van der Waals surface area contributed by atoms with Crippen LogP contribution in [-0.2, 0) is 6.54 Å². The molecule has 146 valence electrons. The van der Waals surface area contributed by atoms with Gasteiger partial charge >= 0.3 is 0 Å². The zero-order valence-electron chi connectivity index (χ0n) is 16.2. The molecule has 0 bridgehead atoms. The Morgan fingerprint density at radius 2 is 1.82 bits per heavy atom. The highest BCUT2D eigenvalue weighted by Gasteiger charge is 2.20. The van der Waals surface area contributed by atoms with Gasteiger partial charge in [0.1, 0.15) is 5.82 Å². The number of pyridine rings is 1. The zero-order valence-corrected chi connectivity index (χ0v) is 16.2. The normalized spacial score (nSPS) is 12.2. The van der Waals surface area contributed by atoms with E-state index in [2.05, 4.69) is 20.1 Å². The molecule has 1 aromatic carbocycles. The predicted octanol–water partition coefficient (Wildman–Crippen LogP) is 3.30. The van der Waals surface area contributed by atoms with E-state index < -0.39 is 4.92 Å². The number of rotatable bonds is 7. The molecule has 0 saturated heterocycles. The molecule has 2 aromatic heterocycles. The van der Waals surface area contributed by atoms with Gasteiger partial charge in [0, 0.05) is 44.5 Å². The number of aromatic nitrogens is 3. The van der Waals surface area contributed by atoms with Crippen LogP contribution in [0.1, 0.15) is 24.4 Å². The van der Waals surface area contributed by atoms with Gasteiger partial charge in [-0.15, -0.1) is 10.2 Å². The molecule has 2 heterocycles. The third kappa shape index (κ3) is 4.32. The molecular weight excluding hydrogens is 360 g/mol. The monoisotopic (exact) mass is 382 g/mol. The third-order valence-electron chi connectivity index (χ3n) is 4.48. The van der Waals surface area contributed by atoms with Gasteiger partial charge in [0.05, 0.1) is 11.0 Å². The first kappa shape index (κ1) is 19.4. The topological polar surface area (TPSA) is 101 Å². The minimum atomic E-state index is -0.444. The molecule has 3 rings (SSSR count). The summed E-state index contributed by atoms with van der Waals surface area (Å²) in [5, 5.41) is 19.0. The molecule has 0 spiro atoms. The highest BCUT2D eigenvalue weighted by Crippen LogP contribution is 2.25. The van der Waals surface area contributed by atoms with Crippen molar-refractivity contribution in [1.82, 2.24) is 20.1 Å². The fraction of sp³-hybridized carbons (Fsp3) is 0.316. The van der Waals surface area contributed by atoms with Crippen LogP contribution in [0.15, 0.2) is 47.0 Å². The van der Waals surface area contributed by atoms with Crippen LogP contribution in [0.3, 0.4) is 0 Å². The molecule has 0 radical (unpaired) electrons. The SMILES string of the molecule is C[C@@H](c1nnc(-c2ccc([N+](=O)[O-])cc2)o1)N(C)Cc1ccc(N(C)C)nc1. The average Bonchev–Trinajstić information content (AvgIpc) is 3.18. The molecular formula is C19H22N6O3. The largest absolute Gasteiger partial charge is 0.419 e. The molecule has 0 amide bonds. The summed E-state index contributed by atoms with van der Waals surface area (Å²) < 4.78 is 5.79. The van der Waals surface area contributed by atoms with Crippen molar-refractivity contribution in [3.63, 3.8) is 0 Å². The van der Waals surface area contributed by atoms with Crippen LogP contribution in [0.4, 0.5) is 11.5 Å². The lowest BCUT2D eigenvalue weighted by atomic mass is 10.2. The molecule has 3 aromatic rings. The standard InChI is InChI=1S/C19H22N6O3/c1-13(24(4)12-14-5-10-17(20-11-14)23(2)3)18-21-22-19(28-18)15-6-8-16(9-7-15)25(26)27/h5-11,13H,12H2,1-4H3/t13-/m0/s1. The molecule has 0 saturated carbocycles. The Hall–Kier alpha value is -3.33. The van der Waals surface area contributed by atoms with Crippen LogP contribution in [0, 0.1) is 10.1 Å². The second kappa shape index (κ2) is 8.13. The predicted molar refractivity (Wildman–Crippen MR) is 105 cm³/mol. The summed E-state index contributed by atoms with van der Waals surface area (Å²) in [6, 6.07) is 9.95. The Kier molecular flexibility index (Phi) is 5.65. The Morgan fingerprint density at radius 1 is 1.11 bits per heavy atom. The van der Waals surface area contributed by atoms with Crippen molar-refractivity contribution in [2.24, 2.45) is 0 Å². The fourth-order valence-corrected chi connectivity index (χ4v) is 2.63. The van der Waals surface area contributed by atoms with E-state index in [1.165, 1.54) is 12.1 Å². The summed E-state index contributed by atoms with van der Waals surface area (Å²) in [5.74, 6) is 1.72. The summed E-state index contributed by atoms with van der Waals surface area (Å²) >= 11 is 0. The lowest BCUT2D eigenvalue weighted by Crippen LogP contribution is -2.22. The highest BCUT2D eigenvalue weighted by molar-refractivity contribution is 5.55. The Labute approximate surface area is 162 Å². The molecule has 28 heavy (non-hydrogen) atoms. The second-order valence-corrected chi connectivity index (χ2v) is 6.76. The van der Waals surface area contributed by atoms with E-state index in [-0.39, 0.29) is 11.7 Å². The van der Waals surface area contributed by atoms with Crippen molar-refractivity contribution in [2.45, 2.75) is 19.5 Å². The van der Waals surface area contributed by atoms with E-state index in [9.17, 15) is 10.1 Å². The van der Waals surface area contributed by atoms with Gasteiger partial charge in [0.15, 0.2) is 0 Å². The Bertz CT molecular complexity index is 937. The number of non-ortho nitro benzene ring substituents is 1. The van der Waals surface area contributed by atoms with Gasteiger partial charge in [0.2, 0.25) is 11.8 Å².